The lowest BCUT2D eigenvalue weighted by Crippen LogP contribution is -2.43. The van der Waals surface area contributed by atoms with Gasteiger partial charge in [0.2, 0.25) is 0 Å². The highest BCUT2D eigenvalue weighted by atomic mass is 28.3. The number of ether oxygens (including phenoxy) is 4. The van der Waals surface area contributed by atoms with Gasteiger partial charge in [-0.15, -0.1) is 0 Å². The largest absolute Gasteiger partial charge is 0.493 e. The van der Waals surface area contributed by atoms with Gasteiger partial charge < -0.3 is 39.3 Å². The fourth-order valence-electron chi connectivity index (χ4n) is 6.57. The number of aromatic nitrogens is 3. The first-order chi connectivity index (χ1) is 22.9. The maximum Gasteiger partial charge on any atom is 0.404 e. The van der Waals surface area contributed by atoms with Crippen LogP contribution in [0.25, 0.3) is 22.3 Å². The van der Waals surface area contributed by atoms with Crippen molar-refractivity contribution < 1.29 is 33.6 Å². The smallest absolute Gasteiger partial charge is 0.404 e. The van der Waals surface area contributed by atoms with Crippen LogP contribution in [0.1, 0.15) is 67.1 Å². The minimum atomic E-state index is -1.33. The summed E-state index contributed by atoms with van der Waals surface area (Å²) in [5.74, 6) is 0.155. The van der Waals surface area contributed by atoms with Crippen LogP contribution in [0.2, 0.25) is 25.7 Å². The van der Waals surface area contributed by atoms with Crippen molar-refractivity contribution in [2.75, 3.05) is 26.4 Å². The van der Waals surface area contributed by atoms with Crippen LogP contribution in [-0.2, 0) is 26.7 Å². The molecule has 12 nitrogen and oxygen atoms in total. The molecule has 0 atom stereocenters. The summed E-state index contributed by atoms with van der Waals surface area (Å²) >= 11 is 0. The Balaban J connectivity index is 1.39. The monoisotopic (exact) mass is 679 g/mol. The van der Waals surface area contributed by atoms with E-state index in [1.54, 1.807) is 0 Å². The maximum atomic E-state index is 14.1. The minimum absolute atomic E-state index is 0.0669. The summed E-state index contributed by atoms with van der Waals surface area (Å²) in [4.78, 5) is 34.7. The Hall–Kier alpha value is -3.52. The first-order valence-electron chi connectivity index (χ1n) is 17.2. The highest BCUT2D eigenvalue weighted by molar-refractivity contribution is 6.76. The van der Waals surface area contributed by atoms with E-state index in [-0.39, 0.29) is 24.7 Å². The molecular formula is C35H49N5O7Si. The van der Waals surface area contributed by atoms with E-state index in [0.717, 1.165) is 35.7 Å². The summed E-state index contributed by atoms with van der Waals surface area (Å²) in [5, 5.41) is 14.9. The first kappa shape index (κ1) is 34.3. The number of fused-ring (bicyclic) bond motifs is 1. The molecular weight excluding hydrogens is 630 g/mol. The number of nitrogens with one attached hydrogen (secondary N) is 2. The van der Waals surface area contributed by atoms with Gasteiger partial charge in [-0.25, -0.2) is 14.8 Å². The van der Waals surface area contributed by atoms with Crippen molar-refractivity contribution in [2.45, 2.75) is 103 Å². The molecule has 2 amide bonds. The molecule has 1 aliphatic heterocycles. The highest BCUT2D eigenvalue weighted by Crippen LogP contribution is 2.41. The van der Waals surface area contributed by atoms with E-state index >= 15 is 0 Å². The van der Waals surface area contributed by atoms with Crippen molar-refractivity contribution in [3.05, 3.63) is 41.3 Å². The molecule has 2 aromatic heterocycles. The van der Waals surface area contributed by atoms with Gasteiger partial charge in [0.1, 0.15) is 30.0 Å². The second-order valence-electron chi connectivity index (χ2n) is 14.7. The predicted molar refractivity (Wildman–Crippen MR) is 184 cm³/mol. The number of amides is 2. The van der Waals surface area contributed by atoms with Crippen LogP contribution in [0, 0.1) is 12.8 Å². The molecule has 1 aromatic carbocycles. The summed E-state index contributed by atoms with van der Waals surface area (Å²) in [5.41, 5.74) is 4.75. The number of carboxylic acid groups (broad SMARTS) is 1. The van der Waals surface area contributed by atoms with Crippen molar-refractivity contribution in [3.8, 4) is 17.0 Å². The van der Waals surface area contributed by atoms with Crippen LogP contribution < -0.4 is 15.4 Å². The van der Waals surface area contributed by atoms with Gasteiger partial charge in [-0.1, -0.05) is 19.6 Å². The van der Waals surface area contributed by atoms with E-state index in [2.05, 4.69) is 30.3 Å². The van der Waals surface area contributed by atoms with Gasteiger partial charge >= 0.3 is 6.09 Å². The predicted octanol–water partition coefficient (Wildman–Crippen LogP) is 6.04. The third kappa shape index (κ3) is 7.85. The van der Waals surface area contributed by atoms with Gasteiger partial charge in [0.05, 0.1) is 30.9 Å². The molecule has 2 aliphatic carbocycles. The van der Waals surface area contributed by atoms with Gasteiger partial charge in [0.15, 0.2) is 5.79 Å². The van der Waals surface area contributed by atoms with E-state index < -0.39 is 20.0 Å². The standard InChI is InChI=1S/C35H49N5O7Si/c1-22-29(33(41)38-25-9-11-26(12-10-25)39-34(42)43)31-32(40(22)21-44-16-17-48(3,4)5)30(36-20-37-31)27-18-24(35(2)46-14-15-47-35)8-13-28(27)45-19-23-6-7-23/h8,13,18,20,23,25-26,39H,6-7,9-12,14-17,19,21H2,1-5H3,(H,38,41)(H,42,43)/t25-,26-. The van der Waals surface area contributed by atoms with Crippen LogP contribution in [0.5, 0.6) is 5.75 Å². The molecule has 6 rings (SSSR count). The second kappa shape index (κ2) is 14.1. The molecule has 3 aliphatic rings. The zero-order valence-corrected chi connectivity index (χ0v) is 29.8. The molecule has 2 saturated carbocycles. The van der Waals surface area contributed by atoms with E-state index in [1.165, 1.54) is 6.33 Å². The Bertz CT molecular complexity index is 1640. The number of rotatable bonds is 13. The van der Waals surface area contributed by atoms with Crippen molar-refractivity contribution in [2.24, 2.45) is 5.92 Å². The highest BCUT2D eigenvalue weighted by Gasteiger charge is 2.35. The zero-order valence-electron chi connectivity index (χ0n) is 28.8. The third-order valence-electron chi connectivity index (χ3n) is 9.70. The van der Waals surface area contributed by atoms with Gasteiger partial charge in [-0.3, -0.25) is 4.79 Å². The Morgan fingerprint density at radius 3 is 2.38 bits per heavy atom. The summed E-state index contributed by atoms with van der Waals surface area (Å²) in [7, 11) is -1.33. The average molecular weight is 680 g/mol. The maximum absolute atomic E-state index is 14.1. The van der Waals surface area contributed by atoms with E-state index in [9.17, 15) is 9.59 Å². The summed E-state index contributed by atoms with van der Waals surface area (Å²) < 4.78 is 26.7. The van der Waals surface area contributed by atoms with Crippen LogP contribution in [0.3, 0.4) is 0 Å². The van der Waals surface area contributed by atoms with Gasteiger partial charge in [0, 0.05) is 43.6 Å². The molecule has 0 bridgehead atoms. The van der Waals surface area contributed by atoms with E-state index in [1.807, 2.05) is 36.6 Å². The molecule has 13 heteroatoms. The quantitative estimate of drug-likeness (QED) is 0.145. The Labute approximate surface area is 282 Å². The fraction of sp³-hybridized carbons (Fsp3) is 0.600. The first-order valence-corrected chi connectivity index (χ1v) is 20.9. The number of benzene rings is 1. The second-order valence-corrected chi connectivity index (χ2v) is 20.4. The number of nitrogens with zero attached hydrogens (tertiary/aromatic N) is 3. The molecule has 3 heterocycles. The normalized spacial score (nSPS) is 20.9. The van der Waals surface area contributed by atoms with Crippen LogP contribution in [0.4, 0.5) is 4.79 Å². The molecule has 260 valence electrons. The molecule has 1 saturated heterocycles. The van der Waals surface area contributed by atoms with E-state index in [0.29, 0.717) is 86.1 Å². The van der Waals surface area contributed by atoms with Gasteiger partial charge in [-0.2, -0.15) is 0 Å². The molecule has 3 fully saturated rings. The molecule has 0 spiro atoms. The summed E-state index contributed by atoms with van der Waals surface area (Å²) in [6, 6.07) is 6.82. The van der Waals surface area contributed by atoms with E-state index in [4.69, 9.17) is 34.0 Å². The molecule has 3 aromatic rings. The van der Waals surface area contributed by atoms with Gasteiger partial charge in [0.25, 0.3) is 5.91 Å². The van der Waals surface area contributed by atoms with Crippen LogP contribution in [0.15, 0.2) is 24.5 Å². The molecule has 0 radical (unpaired) electrons. The lowest BCUT2D eigenvalue weighted by Gasteiger charge is -2.28. The molecule has 3 N–H and O–H groups in total. The van der Waals surface area contributed by atoms with Crippen LogP contribution >= 0.6 is 0 Å². The summed E-state index contributed by atoms with van der Waals surface area (Å²) in [6.07, 6.45) is 5.53. The Morgan fingerprint density at radius 1 is 1.04 bits per heavy atom. The summed E-state index contributed by atoms with van der Waals surface area (Å²) in [6.45, 7) is 13.3. The van der Waals surface area contributed by atoms with Crippen molar-refractivity contribution >= 4 is 31.1 Å². The van der Waals surface area contributed by atoms with Gasteiger partial charge in [-0.05, 0) is 82.5 Å². The number of carbonyl (C=O) groups excluding carboxylic acids is 1. The number of carbonyl (C=O) groups is 2. The minimum Gasteiger partial charge on any atom is -0.493 e. The average Bonchev–Trinajstić information content (AvgIpc) is 3.69. The Morgan fingerprint density at radius 2 is 1.73 bits per heavy atom. The number of hydrogen-bond donors (Lipinski definition) is 3. The third-order valence-corrected chi connectivity index (χ3v) is 11.4. The lowest BCUT2D eigenvalue weighted by atomic mass is 9.91. The number of hydrogen-bond acceptors (Lipinski definition) is 8. The molecule has 0 unspecified atom stereocenters. The lowest BCUT2D eigenvalue weighted by molar-refractivity contribution is -0.149. The van der Waals surface area contributed by atoms with Crippen molar-refractivity contribution in [3.63, 3.8) is 0 Å². The zero-order chi connectivity index (χ0) is 34.1. The van der Waals surface area contributed by atoms with Crippen LogP contribution in [-0.4, -0.2) is 78.2 Å². The topological polar surface area (TPSA) is 146 Å². The fourth-order valence-corrected chi connectivity index (χ4v) is 7.32. The SMILES string of the molecule is Cc1c(C(=O)N[C@H]2CC[C@H](NC(=O)O)CC2)c2ncnc(-c3cc(C4(C)OCCO4)ccc3OCC3CC3)c2n1COCC[Si](C)(C)C. The van der Waals surface area contributed by atoms with Crippen molar-refractivity contribution in [1.82, 2.24) is 25.2 Å². The van der Waals surface area contributed by atoms with Crippen molar-refractivity contribution in [1.29, 1.82) is 0 Å². The molecule has 48 heavy (non-hydrogen) atoms. The Kier molecular flexibility index (Phi) is 10.1.